The van der Waals surface area contributed by atoms with Crippen LogP contribution in [0.5, 0.6) is 5.75 Å². The summed E-state index contributed by atoms with van der Waals surface area (Å²) in [5, 5.41) is 14.1. The van der Waals surface area contributed by atoms with Gasteiger partial charge in [0, 0.05) is 18.5 Å². The number of phenols is 1. The summed E-state index contributed by atoms with van der Waals surface area (Å²) in [4.78, 5) is 0. The summed E-state index contributed by atoms with van der Waals surface area (Å²) in [5.41, 5.74) is 3.30. The van der Waals surface area contributed by atoms with Crippen LogP contribution in [0.4, 0.5) is 0 Å². The molecule has 0 saturated heterocycles. The SMILES string of the molecule is CCCNC[C@@H]1O[C@H](C2CCCCC2)Cc2c1ccc(C)c2O.Cl. The van der Waals surface area contributed by atoms with Gasteiger partial charge in [0.05, 0.1) is 12.2 Å². The van der Waals surface area contributed by atoms with E-state index in [0.717, 1.165) is 37.1 Å². The average molecular weight is 354 g/mol. The Balaban J connectivity index is 0.00000208. The summed E-state index contributed by atoms with van der Waals surface area (Å²) < 4.78 is 6.52. The molecule has 0 aromatic heterocycles. The highest BCUT2D eigenvalue weighted by molar-refractivity contribution is 5.85. The maximum atomic E-state index is 10.6. The number of nitrogens with one attached hydrogen (secondary N) is 1. The fourth-order valence-electron chi connectivity index (χ4n) is 4.17. The van der Waals surface area contributed by atoms with Gasteiger partial charge in [-0.2, -0.15) is 0 Å². The number of ether oxygens (including phenoxy) is 1. The summed E-state index contributed by atoms with van der Waals surface area (Å²) in [7, 11) is 0. The second kappa shape index (κ2) is 9.07. The lowest BCUT2D eigenvalue weighted by atomic mass is 9.80. The van der Waals surface area contributed by atoms with E-state index in [1.165, 1.54) is 37.7 Å². The zero-order valence-corrected chi connectivity index (χ0v) is 15.8. The highest BCUT2D eigenvalue weighted by Gasteiger charge is 2.34. The van der Waals surface area contributed by atoms with E-state index < -0.39 is 0 Å². The highest BCUT2D eigenvalue weighted by Crippen LogP contribution is 2.41. The molecule has 1 aromatic carbocycles. The van der Waals surface area contributed by atoms with Gasteiger partial charge in [-0.05, 0) is 49.8 Å². The van der Waals surface area contributed by atoms with Crippen molar-refractivity contribution < 1.29 is 9.84 Å². The molecule has 1 heterocycles. The molecular formula is C20H32ClNO2. The number of hydrogen-bond acceptors (Lipinski definition) is 3. The Morgan fingerprint density at radius 2 is 1.96 bits per heavy atom. The Hall–Kier alpha value is -0.770. The van der Waals surface area contributed by atoms with Gasteiger partial charge in [-0.25, -0.2) is 0 Å². The number of aryl methyl sites for hydroxylation is 1. The van der Waals surface area contributed by atoms with Crippen LogP contribution < -0.4 is 5.32 Å². The first kappa shape index (κ1) is 19.6. The summed E-state index contributed by atoms with van der Waals surface area (Å²) in [6, 6.07) is 4.17. The van der Waals surface area contributed by atoms with Gasteiger partial charge in [0.25, 0.3) is 0 Å². The topological polar surface area (TPSA) is 41.5 Å². The average Bonchev–Trinajstić information content (AvgIpc) is 2.59. The number of phenolic OH excluding ortho intramolecular Hbond substituents is 1. The minimum atomic E-state index is 0. The molecule has 2 atom stereocenters. The van der Waals surface area contributed by atoms with Crippen molar-refractivity contribution in [1.29, 1.82) is 0 Å². The molecule has 1 aliphatic heterocycles. The van der Waals surface area contributed by atoms with Crippen molar-refractivity contribution in [3.05, 3.63) is 28.8 Å². The van der Waals surface area contributed by atoms with E-state index in [1.807, 2.05) is 13.0 Å². The smallest absolute Gasteiger partial charge is 0.122 e. The van der Waals surface area contributed by atoms with Crippen LogP contribution in [0.3, 0.4) is 0 Å². The van der Waals surface area contributed by atoms with Gasteiger partial charge in [-0.3, -0.25) is 0 Å². The van der Waals surface area contributed by atoms with E-state index in [4.69, 9.17) is 4.74 Å². The fourth-order valence-corrected chi connectivity index (χ4v) is 4.17. The number of aromatic hydroxyl groups is 1. The van der Waals surface area contributed by atoms with Crippen LogP contribution in [0, 0.1) is 12.8 Å². The molecule has 4 heteroatoms. The van der Waals surface area contributed by atoms with Crippen molar-refractivity contribution in [2.75, 3.05) is 13.1 Å². The summed E-state index contributed by atoms with van der Waals surface area (Å²) in [6.45, 7) is 6.03. The number of hydrogen-bond donors (Lipinski definition) is 2. The zero-order valence-electron chi connectivity index (χ0n) is 15.0. The Bertz CT molecular complexity index is 529. The molecule has 136 valence electrons. The van der Waals surface area contributed by atoms with Gasteiger partial charge < -0.3 is 15.2 Å². The van der Waals surface area contributed by atoms with Gasteiger partial charge in [0.15, 0.2) is 0 Å². The lowest BCUT2D eigenvalue weighted by molar-refractivity contribution is -0.0625. The molecule has 1 aromatic rings. The minimum absolute atomic E-state index is 0. The first-order valence-electron chi connectivity index (χ1n) is 9.38. The summed E-state index contributed by atoms with van der Waals surface area (Å²) >= 11 is 0. The van der Waals surface area contributed by atoms with E-state index in [0.29, 0.717) is 11.7 Å². The molecule has 1 saturated carbocycles. The maximum absolute atomic E-state index is 10.6. The quantitative estimate of drug-likeness (QED) is 0.755. The van der Waals surface area contributed by atoms with Crippen LogP contribution in [0.25, 0.3) is 0 Å². The number of rotatable bonds is 5. The molecule has 0 spiro atoms. The van der Waals surface area contributed by atoms with E-state index in [1.54, 1.807) is 0 Å². The van der Waals surface area contributed by atoms with E-state index in [-0.39, 0.29) is 24.6 Å². The van der Waals surface area contributed by atoms with Crippen LogP contribution >= 0.6 is 12.4 Å². The largest absolute Gasteiger partial charge is 0.507 e. The van der Waals surface area contributed by atoms with E-state index in [2.05, 4.69) is 18.3 Å². The number of fused-ring (bicyclic) bond motifs is 1. The molecule has 3 nitrogen and oxygen atoms in total. The third-order valence-corrected chi connectivity index (χ3v) is 5.54. The standard InChI is InChI=1S/C20H31NO2.ClH/c1-3-11-21-13-19-16-10-9-14(2)20(22)17(16)12-18(23-19)15-7-5-4-6-8-15;/h9-10,15,18-19,21-22H,3-8,11-13H2,1-2H3;1H/t18-,19-;/m0./s1. The van der Waals surface area contributed by atoms with Gasteiger partial charge in [0.2, 0.25) is 0 Å². The summed E-state index contributed by atoms with van der Waals surface area (Å²) in [6.07, 6.45) is 8.93. The Kier molecular flexibility index (Phi) is 7.39. The predicted molar refractivity (Wildman–Crippen MR) is 101 cm³/mol. The van der Waals surface area contributed by atoms with Crippen LogP contribution in [0.1, 0.15) is 68.2 Å². The normalized spacial score (nSPS) is 24.2. The molecule has 0 bridgehead atoms. The van der Waals surface area contributed by atoms with Crippen molar-refractivity contribution in [2.24, 2.45) is 5.92 Å². The second-order valence-corrected chi connectivity index (χ2v) is 7.27. The van der Waals surface area contributed by atoms with Crippen molar-refractivity contribution in [2.45, 2.75) is 71.0 Å². The molecule has 1 fully saturated rings. The van der Waals surface area contributed by atoms with Crippen molar-refractivity contribution in [1.82, 2.24) is 5.32 Å². The maximum Gasteiger partial charge on any atom is 0.122 e. The van der Waals surface area contributed by atoms with Crippen LogP contribution in [0.15, 0.2) is 12.1 Å². The Labute approximate surface area is 152 Å². The lowest BCUT2D eigenvalue weighted by Gasteiger charge is -2.38. The van der Waals surface area contributed by atoms with Gasteiger partial charge in [0.1, 0.15) is 5.75 Å². The van der Waals surface area contributed by atoms with Crippen molar-refractivity contribution >= 4 is 12.4 Å². The monoisotopic (exact) mass is 353 g/mol. The first-order chi connectivity index (χ1) is 11.2. The molecule has 0 radical (unpaired) electrons. The molecule has 2 N–H and O–H groups in total. The van der Waals surface area contributed by atoms with E-state index in [9.17, 15) is 5.11 Å². The van der Waals surface area contributed by atoms with Crippen molar-refractivity contribution in [3.63, 3.8) is 0 Å². The molecular weight excluding hydrogens is 322 g/mol. The summed E-state index contributed by atoms with van der Waals surface area (Å²) in [5.74, 6) is 1.15. The molecule has 24 heavy (non-hydrogen) atoms. The minimum Gasteiger partial charge on any atom is -0.507 e. The Morgan fingerprint density at radius 1 is 1.21 bits per heavy atom. The number of benzene rings is 1. The van der Waals surface area contributed by atoms with Gasteiger partial charge in [-0.15, -0.1) is 12.4 Å². The highest BCUT2D eigenvalue weighted by atomic mass is 35.5. The van der Waals surface area contributed by atoms with E-state index >= 15 is 0 Å². The molecule has 3 rings (SSSR count). The predicted octanol–water partition coefficient (Wildman–Crippen LogP) is 4.68. The van der Waals surface area contributed by atoms with Crippen LogP contribution in [-0.4, -0.2) is 24.3 Å². The third-order valence-electron chi connectivity index (χ3n) is 5.54. The zero-order chi connectivity index (χ0) is 16.2. The molecule has 2 aliphatic rings. The Morgan fingerprint density at radius 3 is 2.67 bits per heavy atom. The third kappa shape index (κ3) is 4.25. The van der Waals surface area contributed by atoms with Crippen molar-refractivity contribution in [3.8, 4) is 5.75 Å². The molecule has 0 amide bonds. The lowest BCUT2D eigenvalue weighted by Crippen LogP contribution is -2.37. The molecule has 1 aliphatic carbocycles. The molecule has 0 unspecified atom stereocenters. The van der Waals surface area contributed by atoms with Crippen LogP contribution in [0.2, 0.25) is 0 Å². The van der Waals surface area contributed by atoms with Crippen LogP contribution in [-0.2, 0) is 11.2 Å². The first-order valence-corrected chi connectivity index (χ1v) is 9.38. The second-order valence-electron chi connectivity index (χ2n) is 7.27. The van der Waals surface area contributed by atoms with Gasteiger partial charge >= 0.3 is 0 Å². The van der Waals surface area contributed by atoms with Gasteiger partial charge in [-0.1, -0.05) is 38.3 Å². The fraction of sp³-hybridized carbons (Fsp3) is 0.700. The number of halogens is 1.